The maximum atomic E-state index is 12.7. The molecule has 2 aromatic rings. The molecule has 2 atom stereocenters. The van der Waals surface area contributed by atoms with Gasteiger partial charge in [0.25, 0.3) is 5.56 Å². The Balaban J connectivity index is 2.09. The molecule has 0 unspecified atom stereocenters. The van der Waals surface area contributed by atoms with E-state index in [2.05, 4.69) is 6.92 Å². The van der Waals surface area contributed by atoms with Gasteiger partial charge in [0, 0.05) is 6.07 Å². The van der Waals surface area contributed by atoms with Crippen molar-refractivity contribution in [2.24, 2.45) is 5.92 Å². The topological polar surface area (TPSA) is 22.0 Å². The lowest BCUT2D eigenvalue weighted by Crippen LogP contribution is -2.27. The standard InChI is InChI=1S/C16H16F3NO/c1-2-10-7-13(10)12-4-3-11-5-6-15(21)20(14(11)8-12)9-16(17,18)19/h3-6,8,10,13H,2,7,9H2,1H3/t10-,13-/m0/s1. The largest absolute Gasteiger partial charge is 0.406 e. The molecular formula is C16H16F3NO. The molecule has 1 aromatic heterocycles. The Bertz CT molecular complexity index is 732. The number of aromatic nitrogens is 1. The van der Waals surface area contributed by atoms with Gasteiger partial charge < -0.3 is 0 Å². The molecule has 21 heavy (non-hydrogen) atoms. The fourth-order valence-corrected chi connectivity index (χ4v) is 2.99. The molecule has 1 heterocycles. The zero-order valence-electron chi connectivity index (χ0n) is 11.7. The molecule has 2 nitrogen and oxygen atoms in total. The summed E-state index contributed by atoms with van der Waals surface area (Å²) in [4.78, 5) is 11.8. The van der Waals surface area contributed by atoms with E-state index in [1.54, 1.807) is 12.1 Å². The van der Waals surface area contributed by atoms with Crippen molar-refractivity contribution in [2.75, 3.05) is 0 Å². The van der Waals surface area contributed by atoms with E-state index in [0.717, 1.165) is 23.0 Å². The maximum Gasteiger partial charge on any atom is 0.406 e. The van der Waals surface area contributed by atoms with Crippen molar-refractivity contribution in [3.8, 4) is 0 Å². The summed E-state index contributed by atoms with van der Waals surface area (Å²) in [6, 6.07) is 8.30. The van der Waals surface area contributed by atoms with Gasteiger partial charge in [0.2, 0.25) is 0 Å². The number of hydrogen-bond acceptors (Lipinski definition) is 1. The second-order valence-corrected chi connectivity index (χ2v) is 5.70. The smallest absolute Gasteiger partial charge is 0.299 e. The Morgan fingerprint density at radius 2 is 1.95 bits per heavy atom. The number of fused-ring (bicyclic) bond motifs is 1. The maximum absolute atomic E-state index is 12.7. The van der Waals surface area contributed by atoms with E-state index in [1.807, 2.05) is 12.1 Å². The van der Waals surface area contributed by atoms with Crippen LogP contribution in [0.3, 0.4) is 0 Å². The van der Waals surface area contributed by atoms with Gasteiger partial charge in [0.05, 0.1) is 5.52 Å². The van der Waals surface area contributed by atoms with Gasteiger partial charge in [0.1, 0.15) is 6.54 Å². The second-order valence-electron chi connectivity index (χ2n) is 5.70. The van der Waals surface area contributed by atoms with Crippen LogP contribution in [0.15, 0.2) is 35.1 Å². The SMILES string of the molecule is CC[C@H]1C[C@@H]1c1ccc2ccc(=O)n(CC(F)(F)F)c2c1. The van der Waals surface area contributed by atoms with Crippen molar-refractivity contribution < 1.29 is 13.2 Å². The fraction of sp³-hybridized carbons (Fsp3) is 0.438. The third kappa shape index (κ3) is 2.82. The molecule has 0 saturated heterocycles. The first kappa shape index (κ1) is 14.2. The fourth-order valence-electron chi connectivity index (χ4n) is 2.99. The van der Waals surface area contributed by atoms with Crippen LogP contribution in [0.25, 0.3) is 10.9 Å². The second kappa shape index (κ2) is 4.90. The molecule has 1 aliphatic rings. The highest BCUT2D eigenvalue weighted by Crippen LogP contribution is 2.49. The van der Waals surface area contributed by atoms with E-state index in [4.69, 9.17) is 0 Å². The van der Waals surface area contributed by atoms with Crippen LogP contribution in [0.4, 0.5) is 13.2 Å². The molecule has 0 amide bonds. The van der Waals surface area contributed by atoms with Gasteiger partial charge in [-0.15, -0.1) is 0 Å². The molecule has 1 aromatic carbocycles. The Labute approximate surface area is 120 Å². The lowest BCUT2D eigenvalue weighted by molar-refractivity contribution is -0.140. The Morgan fingerprint density at radius 3 is 2.57 bits per heavy atom. The van der Waals surface area contributed by atoms with E-state index in [0.29, 0.717) is 22.7 Å². The number of nitrogens with zero attached hydrogens (tertiary/aromatic N) is 1. The van der Waals surface area contributed by atoms with E-state index < -0.39 is 18.3 Å². The summed E-state index contributed by atoms with van der Waals surface area (Å²) < 4.78 is 38.9. The van der Waals surface area contributed by atoms with Gasteiger partial charge in [-0.1, -0.05) is 25.5 Å². The minimum atomic E-state index is -4.40. The molecule has 0 bridgehead atoms. The summed E-state index contributed by atoms with van der Waals surface area (Å²) in [6.45, 7) is 0.875. The normalized spacial score (nSPS) is 21.7. The predicted octanol–water partition coefficient (Wildman–Crippen LogP) is 4.08. The third-order valence-electron chi connectivity index (χ3n) is 4.23. The summed E-state index contributed by atoms with van der Waals surface area (Å²) in [7, 11) is 0. The minimum absolute atomic E-state index is 0.374. The van der Waals surface area contributed by atoms with Crippen LogP contribution in [0.1, 0.15) is 31.2 Å². The van der Waals surface area contributed by atoms with Crippen LogP contribution in [0.5, 0.6) is 0 Å². The Morgan fingerprint density at radius 1 is 1.24 bits per heavy atom. The highest BCUT2D eigenvalue weighted by Gasteiger charge is 2.36. The quantitative estimate of drug-likeness (QED) is 0.836. The van der Waals surface area contributed by atoms with Crippen LogP contribution in [-0.2, 0) is 6.54 Å². The predicted molar refractivity (Wildman–Crippen MR) is 75.4 cm³/mol. The number of hydrogen-bond donors (Lipinski definition) is 0. The van der Waals surface area contributed by atoms with Crippen LogP contribution < -0.4 is 5.56 Å². The molecule has 0 radical (unpaired) electrons. The Kier molecular flexibility index (Phi) is 3.30. The lowest BCUT2D eigenvalue weighted by atomic mass is 10.1. The average molecular weight is 295 g/mol. The van der Waals surface area contributed by atoms with Crippen molar-refractivity contribution >= 4 is 10.9 Å². The van der Waals surface area contributed by atoms with E-state index >= 15 is 0 Å². The van der Waals surface area contributed by atoms with Crippen LogP contribution >= 0.6 is 0 Å². The molecule has 112 valence electrons. The van der Waals surface area contributed by atoms with Gasteiger partial charge in [-0.05, 0) is 41.3 Å². The van der Waals surface area contributed by atoms with Gasteiger partial charge in [0.15, 0.2) is 0 Å². The zero-order valence-corrected chi connectivity index (χ0v) is 11.7. The lowest BCUT2D eigenvalue weighted by Gasteiger charge is -2.13. The number of halogens is 3. The van der Waals surface area contributed by atoms with Gasteiger partial charge in [-0.2, -0.15) is 13.2 Å². The van der Waals surface area contributed by atoms with Crippen LogP contribution in [0, 0.1) is 5.92 Å². The molecule has 0 aliphatic heterocycles. The van der Waals surface area contributed by atoms with Crippen LogP contribution in [0.2, 0.25) is 0 Å². The summed E-state index contributed by atoms with van der Waals surface area (Å²) in [6.07, 6.45) is -2.25. The van der Waals surface area contributed by atoms with Crippen molar-refractivity contribution in [2.45, 2.75) is 38.4 Å². The van der Waals surface area contributed by atoms with Crippen molar-refractivity contribution in [3.05, 3.63) is 46.2 Å². The van der Waals surface area contributed by atoms with E-state index in [1.165, 1.54) is 6.07 Å². The molecule has 3 rings (SSSR count). The summed E-state index contributed by atoms with van der Waals surface area (Å²) in [5.74, 6) is 1.04. The Hall–Kier alpha value is -1.78. The van der Waals surface area contributed by atoms with Gasteiger partial charge in [-0.25, -0.2) is 0 Å². The third-order valence-corrected chi connectivity index (χ3v) is 4.23. The molecule has 1 aliphatic carbocycles. The average Bonchev–Trinajstić information content (AvgIpc) is 3.20. The monoisotopic (exact) mass is 295 g/mol. The summed E-state index contributed by atoms with van der Waals surface area (Å²) in [5.41, 5.74) is 0.801. The highest BCUT2D eigenvalue weighted by molar-refractivity contribution is 5.80. The molecule has 5 heteroatoms. The van der Waals surface area contributed by atoms with Crippen molar-refractivity contribution in [3.63, 3.8) is 0 Å². The number of benzene rings is 1. The summed E-state index contributed by atoms with van der Waals surface area (Å²) >= 11 is 0. The van der Waals surface area contributed by atoms with E-state index in [-0.39, 0.29) is 0 Å². The zero-order chi connectivity index (χ0) is 15.2. The number of pyridine rings is 1. The number of alkyl halides is 3. The van der Waals surface area contributed by atoms with Crippen molar-refractivity contribution in [1.29, 1.82) is 0 Å². The molecule has 0 N–H and O–H groups in total. The van der Waals surface area contributed by atoms with Crippen LogP contribution in [-0.4, -0.2) is 10.7 Å². The minimum Gasteiger partial charge on any atom is -0.299 e. The first-order valence-corrected chi connectivity index (χ1v) is 7.09. The molecular weight excluding hydrogens is 279 g/mol. The first-order valence-electron chi connectivity index (χ1n) is 7.09. The molecule has 0 spiro atoms. The van der Waals surface area contributed by atoms with Gasteiger partial charge in [-0.3, -0.25) is 9.36 Å². The first-order chi connectivity index (χ1) is 9.89. The van der Waals surface area contributed by atoms with E-state index in [9.17, 15) is 18.0 Å². The number of rotatable bonds is 3. The highest BCUT2D eigenvalue weighted by atomic mass is 19.4. The molecule has 1 saturated carbocycles. The van der Waals surface area contributed by atoms with Crippen molar-refractivity contribution in [1.82, 2.24) is 4.57 Å². The summed E-state index contributed by atoms with van der Waals surface area (Å²) in [5, 5.41) is 0.663. The van der Waals surface area contributed by atoms with Gasteiger partial charge >= 0.3 is 6.18 Å². The molecule has 1 fully saturated rings.